The number of hydrogen-bond donors (Lipinski definition) is 2. The predicted octanol–water partition coefficient (Wildman–Crippen LogP) is 3.47. The third-order valence-electron chi connectivity index (χ3n) is 5.57. The van der Waals surface area contributed by atoms with Crippen LogP contribution in [-0.4, -0.2) is 27.6 Å². The Hall–Kier alpha value is -3.15. The molecular formula is C23H23FN2O3. The summed E-state index contributed by atoms with van der Waals surface area (Å²) in [7, 11) is 0. The van der Waals surface area contributed by atoms with Gasteiger partial charge < -0.3 is 15.0 Å². The lowest BCUT2D eigenvalue weighted by atomic mass is 9.91. The largest absolute Gasteiger partial charge is 0.480 e. The highest BCUT2D eigenvalue weighted by atomic mass is 19.1. The molecule has 4 rings (SSSR count). The highest BCUT2D eigenvalue weighted by molar-refractivity contribution is 5.87. The van der Waals surface area contributed by atoms with Gasteiger partial charge in [0, 0.05) is 29.1 Å². The van der Waals surface area contributed by atoms with Crippen LogP contribution in [-0.2, 0) is 35.4 Å². The van der Waals surface area contributed by atoms with Crippen LogP contribution in [0.1, 0.15) is 29.7 Å². The number of fused-ring (bicyclic) bond motifs is 3. The van der Waals surface area contributed by atoms with Gasteiger partial charge in [-0.05, 0) is 55.0 Å². The number of carboxylic acids is 1. The van der Waals surface area contributed by atoms with Gasteiger partial charge in [0.15, 0.2) is 0 Å². The number of carbonyl (C=O) groups excluding carboxylic acids is 1. The molecule has 2 aromatic carbocycles. The van der Waals surface area contributed by atoms with E-state index in [0.717, 1.165) is 34.1 Å². The second kappa shape index (κ2) is 8.07. The minimum Gasteiger partial charge on any atom is -0.480 e. The minimum absolute atomic E-state index is 0.00255. The maximum absolute atomic E-state index is 13.9. The lowest BCUT2D eigenvalue weighted by Gasteiger charge is -2.25. The third kappa shape index (κ3) is 4.16. The summed E-state index contributed by atoms with van der Waals surface area (Å²) >= 11 is 0. The van der Waals surface area contributed by atoms with Gasteiger partial charge in [-0.1, -0.05) is 30.3 Å². The van der Waals surface area contributed by atoms with Crippen LogP contribution < -0.4 is 5.32 Å². The Labute approximate surface area is 168 Å². The zero-order valence-corrected chi connectivity index (χ0v) is 16.0. The fourth-order valence-electron chi connectivity index (χ4n) is 4.26. The molecule has 0 spiro atoms. The van der Waals surface area contributed by atoms with E-state index < -0.39 is 5.97 Å². The van der Waals surface area contributed by atoms with Gasteiger partial charge in [-0.2, -0.15) is 0 Å². The Morgan fingerprint density at radius 1 is 1.17 bits per heavy atom. The average Bonchev–Trinajstić information content (AvgIpc) is 2.99. The lowest BCUT2D eigenvalue weighted by molar-refractivity contribution is -0.137. The molecule has 0 aliphatic heterocycles. The number of rotatable bonds is 6. The van der Waals surface area contributed by atoms with Crippen molar-refractivity contribution in [3.8, 4) is 0 Å². The Bertz CT molecular complexity index is 1060. The first-order valence-corrected chi connectivity index (χ1v) is 9.86. The number of nitrogens with zero attached hydrogens (tertiary/aromatic N) is 1. The second-order valence-corrected chi connectivity index (χ2v) is 7.56. The number of aryl methyl sites for hydroxylation is 1. The predicted molar refractivity (Wildman–Crippen MR) is 108 cm³/mol. The Kier molecular flexibility index (Phi) is 5.34. The number of carbonyl (C=O) groups is 2. The molecule has 29 heavy (non-hydrogen) atoms. The maximum Gasteiger partial charge on any atom is 0.323 e. The topological polar surface area (TPSA) is 71.3 Å². The van der Waals surface area contributed by atoms with Crippen LogP contribution >= 0.6 is 0 Å². The molecule has 1 aliphatic rings. The van der Waals surface area contributed by atoms with Crippen LogP contribution in [0.5, 0.6) is 0 Å². The first kappa shape index (κ1) is 19.2. The van der Waals surface area contributed by atoms with Crippen molar-refractivity contribution in [3.63, 3.8) is 0 Å². The summed E-state index contributed by atoms with van der Waals surface area (Å²) in [5, 5.41) is 13.1. The van der Waals surface area contributed by atoms with E-state index in [1.807, 2.05) is 30.3 Å². The molecule has 1 heterocycles. The van der Waals surface area contributed by atoms with Gasteiger partial charge >= 0.3 is 5.97 Å². The molecule has 0 saturated heterocycles. The van der Waals surface area contributed by atoms with Gasteiger partial charge in [-0.15, -0.1) is 0 Å². The number of hydrogen-bond acceptors (Lipinski definition) is 2. The van der Waals surface area contributed by atoms with Gasteiger partial charge in [0.05, 0.1) is 0 Å². The average molecular weight is 394 g/mol. The van der Waals surface area contributed by atoms with Gasteiger partial charge in [0.25, 0.3) is 0 Å². The van der Waals surface area contributed by atoms with Crippen LogP contribution in [0.4, 0.5) is 4.39 Å². The minimum atomic E-state index is -0.926. The van der Waals surface area contributed by atoms with Crippen LogP contribution in [0.3, 0.4) is 0 Å². The summed E-state index contributed by atoms with van der Waals surface area (Å²) in [6, 6.07) is 14.3. The summed E-state index contributed by atoms with van der Waals surface area (Å²) in [6.45, 7) is -0.147. The van der Waals surface area contributed by atoms with Gasteiger partial charge in [-0.3, -0.25) is 9.59 Å². The number of amides is 1. The Morgan fingerprint density at radius 3 is 2.72 bits per heavy atom. The zero-order chi connectivity index (χ0) is 20.4. The number of nitrogens with one attached hydrogen (secondary N) is 1. The van der Waals surface area contributed by atoms with Gasteiger partial charge in [0.1, 0.15) is 12.4 Å². The first-order chi connectivity index (χ1) is 14.0. The molecule has 2 N–H and O–H groups in total. The number of benzene rings is 2. The van der Waals surface area contributed by atoms with Crippen molar-refractivity contribution in [2.75, 3.05) is 0 Å². The van der Waals surface area contributed by atoms with E-state index >= 15 is 0 Å². The molecule has 1 aromatic heterocycles. The van der Waals surface area contributed by atoms with Crippen LogP contribution in [0, 0.1) is 5.82 Å². The number of carboxylic acid groups (broad SMARTS) is 1. The fraction of sp³-hybridized carbons (Fsp3) is 0.304. The van der Waals surface area contributed by atoms with Gasteiger partial charge in [0.2, 0.25) is 5.91 Å². The molecule has 1 atom stereocenters. The van der Waals surface area contributed by atoms with Gasteiger partial charge in [-0.25, -0.2) is 4.39 Å². The number of halogens is 1. The molecule has 0 radical (unpaired) electrons. The van der Waals surface area contributed by atoms with E-state index in [2.05, 4.69) is 5.32 Å². The summed E-state index contributed by atoms with van der Waals surface area (Å²) in [5.41, 5.74) is 3.73. The quantitative estimate of drug-likeness (QED) is 0.673. The van der Waals surface area contributed by atoms with E-state index in [0.29, 0.717) is 25.7 Å². The van der Waals surface area contributed by atoms with E-state index in [1.165, 1.54) is 12.1 Å². The van der Waals surface area contributed by atoms with Crippen molar-refractivity contribution in [3.05, 3.63) is 71.2 Å². The SMILES string of the molecule is O=C(O)Cn1c2c(c3cc(F)ccc31)C[C@@H](NC(=O)CCc1ccccc1)CC2. The summed E-state index contributed by atoms with van der Waals surface area (Å²) in [5.74, 6) is -1.27. The lowest BCUT2D eigenvalue weighted by Crippen LogP contribution is -2.39. The normalized spacial score (nSPS) is 15.8. The maximum atomic E-state index is 13.9. The van der Waals surface area contributed by atoms with Crippen molar-refractivity contribution in [1.29, 1.82) is 0 Å². The molecule has 0 bridgehead atoms. The molecule has 0 saturated carbocycles. The molecule has 150 valence electrons. The summed E-state index contributed by atoms with van der Waals surface area (Å²) in [4.78, 5) is 23.7. The molecular weight excluding hydrogens is 371 g/mol. The highest BCUT2D eigenvalue weighted by Crippen LogP contribution is 2.33. The number of aliphatic carboxylic acids is 1. The second-order valence-electron chi connectivity index (χ2n) is 7.56. The first-order valence-electron chi connectivity index (χ1n) is 9.86. The Morgan fingerprint density at radius 2 is 1.97 bits per heavy atom. The summed E-state index contributed by atoms with van der Waals surface area (Å²) < 4.78 is 15.6. The highest BCUT2D eigenvalue weighted by Gasteiger charge is 2.27. The standard InChI is InChI=1S/C23H23FN2O3/c24-16-7-9-20-18(12-16)19-13-17(8-10-21(19)26(20)14-23(28)29)25-22(27)11-6-15-4-2-1-3-5-15/h1-5,7,9,12,17H,6,8,10-11,13-14H2,(H,25,27)(H,28,29)/t17-/m0/s1. The molecule has 3 aromatic rings. The van der Waals surface area contributed by atoms with Crippen molar-refractivity contribution in [2.24, 2.45) is 0 Å². The molecule has 1 aliphatic carbocycles. The molecule has 1 amide bonds. The molecule has 5 nitrogen and oxygen atoms in total. The van der Waals surface area contributed by atoms with Crippen molar-refractivity contribution in [2.45, 2.75) is 44.7 Å². The van der Waals surface area contributed by atoms with E-state index in [1.54, 1.807) is 10.6 Å². The van der Waals surface area contributed by atoms with E-state index in [4.69, 9.17) is 0 Å². The fourth-order valence-corrected chi connectivity index (χ4v) is 4.26. The number of aromatic nitrogens is 1. The van der Waals surface area contributed by atoms with Crippen LogP contribution in [0.2, 0.25) is 0 Å². The zero-order valence-electron chi connectivity index (χ0n) is 16.0. The Balaban J connectivity index is 1.50. The van der Waals surface area contributed by atoms with E-state index in [9.17, 15) is 19.1 Å². The molecule has 0 fully saturated rings. The van der Waals surface area contributed by atoms with E-state index in [-0.39, 0.29) is 24.3 Å². The molecule has 0 unspecified atom stereocenters. The van der Waals surface area contributed by atoms with Crippen LogP contribution in [0.15, 0.2) is 48.5 Å². The summed E-state index contributed by atoms with van der Waals surface area (Å²) in [6.07, 6.45) is 3.08. The third-order valence-corrected chi connectivity index (χ3v) is 5.57. The monoisotopic (exact) mass is 394 g/mol. The molecule has 6 heteroatoms. The smallest absolute Gasteiger partial charge is 0.323 e. The van der Waals surface area contributed by atoms with Crippen molar-refractivity contribution < 1.29 is 19.1 Å². The van der Waals surface area contributed by atoms with Crippen LogP contribution in [0.25, 0.3) is 10.9 Å². The van der Waals surface area contributed by atoms with Crippen molar-refractivity contribution >= 4 is 22.8 Å². The van der Waals surface area contributed by atoms with Crippen molar-refractivity contribution in [1.82, 2.24) is 9.88 Å².